The van der Waals surface area contributed by atoms with E-state index in [2.05, 4.69) is 19.2 Å². The average molecular weight is 277 g/mol. The summed E-state index contributed by atoms with van der Waals surface area (Å²) in [6, 6.07) is 0. The van der Waals surface area contributed by atoms with Crippen LogP contribution in [0.4, 0.5) is 0 Å². The fourth-order valence-corrected chi connectivity index (χ4v) is 1.37. The third kappa shape index (κ3) is 11.3. The molecule has 0 aliphatic rings. The Bertz CT molecular complexity index is 163. The van der Waals surface area contributed by atoms with Gasteiger partial charge in [-0.15, -0.1) is 0 Å². The number of nitrogens with one attached hydrogen (secondary N) is 1. The molecule has 0 aromatic rings. The highest BCUT2D eigenvalue weighted by atomic mass is 16.7. The Labute approximate surface area is 117 Å². The van der Waals surface area contributed by atoms with E-state index < -0.39 is 12.8 Å². The summed E-state index contributed by atoms with van der Waals surface area (Å²) in [6.45, 7) is 10.6. The first kappa shape index (κ1) is 18.8. The summed E-state index contributed by atoms with van der Waals surface area (Å²) < 4.78 is 22.2. The molecule has 5 nitrogen and oxygen atoms in total. The lowest BCUT2D eigenvalue weighted by molar-refractivity contribution is -0.235. The van der Waals surface area contributed by atoms with Crippen LogP contribution < -0.4 is 5.32 Å². The van der Waals surface area contributed by atoms with Crippen LogP contribution in [-0.2, 0) is 18.9 Å². The van der Waals surface area contributed by atoms with Crippen molar-refractivity contribution in [2.24, 2.45) is 0 Å². The van der Waals surface area contributed by atoms with E-state index in [-0.39, 0.29) is 0 Å². The molecular formula is C14H31NO4. The van der Waals surface area contributed by atoms with Crippen LogP contribution in [0.5, 0.6) is 0 Å². The van der Waals surface area contributed by atoms with Crippen molar-refractivity contribution in [1.29, 1.82) is 0 Å². The lowest BCUT2D eigenvalue weighted by Gasteiger charge is -2.25. The highest BCUT2D eigenvalue weighted by molar-refractivity contribution is 4.46. The maximum absolute atomic E-state index is 5.61. The van der Waals surface area contributed by atoms with E-state index in [1.54, 1.807) is 0 Å². The summed E-state index contributed by atoms with van der Waals surface area (Å²) in [5.74, 6) is 0. The van der Waals surface area contributed by atoms with Gasteiger partial charge >= 0.3 is 0 Å². The van der Waals surface area contributed by atoms with Crippen molar-refractivity contribution in [1.82, 2.24) is 5.32 Å². The van der Waals surface area contributed by atoms with Crippen LogP contribution in [0, 0.1) is 0 Å². The predicted molar refractivity (Wildman–Crippen MR) is 75.7 cm³/mol. The van der Waals surface area contributed by atoms with Gasteiger partial charge in [-0.3, -0.25) is 0 Å². The van der Waals surface area contributed by atoms with Gasteiger partial charge in [0.1, 0.15) is 0 Å². The Kier molecular flexibility index (Phi) is 14.1. The first-order valence-corrected chi connectivity index (χ1v) is 7.50. The van der Waals surface area contributed by atoms with Crippen LogP contribution >= 0.6 is 0 Å². The molecule has 0 aliphatic carbocycles. The maximum Gasteiger partial charge on any atom is 0.219 e. The van der Waals surface area contributed by atoms with E-state index in [1.165, 1.54) is 0 Å². The first-order chi connectivity index (χ1) is 9.28. The molecule has 0 heterocycles. The van der Waals surface area contributed by atoms with Crippen molar-refractivity contribution in [3.05, 3.63) is 0 Å². The minimum Gasteiger partial charge on any atom is -0.340 e. The van der Waals surface area contributed by atoms with Crippen molar-refractivity contribution >= 4 is 0 Å². The van der Waals surface area contributed by atoms with Gasteiger partial charge in [0, 0.05) is 13.2 Å². The summed E-state index contributed by atoms with van der Waals surface area (Å²) >= 11 is 0. The third-order valence-electron chi connectivity index (χ3n) is 2.44. The van der Waals surface area contributed by atoms with E-state index in [4.69, 9.17) is 18.9 Å². The second-order valence-electron chi connectivity index (χ2n) is 4.19. The standard InChI is InChI=1S/C14H31NO4/c1-5-9-11-18-13(16-7-3)15-14(17-8-4)19-12-10-6-2/h13-15H,5-12H2,1-4H3. The molecule has 1 N–H and O–H groups in total. The molecule has 0 saturated heterocycles. The molecule has 0 fully saturated rings. The van der Waals surface area contributed by atoms with Gasteiger partial charge < -0.3 is 18.9 Å². The Balaban J connectivity index is 4.05. The monoisotopic (exact) mass is 277 g/mol. The Morgan fingerprint density at radius 1 is 0.684 bits per heavy atom. The van der Waals surface area contributed by atoms with Gasteiger partial charge in [0.25, 0.3) is 0 Å². The average Bonchev–Trinajstić information content (AvgIpc) is 2.39. The van der Waals surface area contributed by atoms with E-state index >= 15 is 0 Å². The summed E-state index contributed by atoms with van der Waals surface area (Å²) in [7, 11) is 0. The van der Waals surface area contributed by atoms with Crippen LogP contribution in [0.15, 0.2) is 0 Å². The molecule has 2 unspecified atom stereocenters. The fourth-order valence-electron chi connectivity index (χ4n) is 1.37. The van der Waals surface area contributed by atoms with Gasteiger partial charge in [-0.05, 0) is 26.7 Å². The van der Waals surface area contributed by atoms with Gasteiger partial charge in [-0.25, -0.2) is 5.32 Å². The molecule has 0 rings (SSSR count). The summed E-state index contributed by atoms with van der Waals surface area (Å²) in [5.41, 5.74) is 0. The lowest BCUT2D eigenvalue weighted by Crippen LogP contribution is -2.45. The molecule has 116 valence electrons. The van der Waals surface area contributed by atoms with Crippen LogP contribution in [0.1, 0.15) is 53.4 Å². The SMILES string of the molecule is CCCCOC(NC(OCC)OCCCC)OCC. The van der Waals surface area contributed by atoms with Crippen molar-refractivity contribution in [3.63, 3.8) is 0 Å². The van der Waals surface area contributed by atoms with E-state index in [0.717, 1.165) is 25.7 Å². The van der Waals surface area contributed by atoms with Gasteiger partial charge in [0.15, 0.2) is 0 Å². The van der Waals surface area contributed by atoms with Gasteiger partial charge in [0.05, 0.1) is 13.2 Å². The van der Waals surface area contributed by atoms with Crippen molar-refractivity contribution in [2.75, 3.05) is 26.4 Å². The fraction of sp³-hybridized carbons (Fsp3) is 1.00. The summed E-state index contributed by atoms with van der Waals surface area (Å²) in [6.07, 6.45) is 3.27. The number of hydrogen-bond acceptors (Lipinski definition) is 5. The normalized spacial score (nSPS) is 14.5. The second-order valence-corrected chi connectivity index (χ2v) is 4.19. The second kappa shape index (κ2) is 14.2. The zero-order valence-corrected chi connectivity index (χ0v) is 12.9. The van der Waals surface area contributed by atoms with Gasteiger partial charge in [-0.1, -0.05) is 26.7 Å². The van der Waals surface area contributed by atoms with E-state index in [9.17, 15) is 0 Å². The minimum absolute atomic E-state index is 0.477. The van der Waals surface area contributed by atoms with E-state index in [1.807, 2.05) is 13.8 Å². The zero-order chi connectivity index (χ0) is 14.3. The molecule has 0 aromatic carbocycles. The largest absolute Gasteiger partial charge is 0.340 e. The highest BCUT2D eigenvalue weighted by Gasteiger charge is 2.16. The topological polar surface area (TPSA) is 49.0 Å². The number of unbranched alkanes of at least 4 members (excludes halogenated alkanes) is 2. The van der Waals surface area contributed by atoms with E-state index in [0.29, 0.717) is 26.4 Å². The van der Waals surface area contributed by atoms with Crippen LogP contribution in [0.3, 0.4) is 0 Å². The molecule has 0 radical (unpaired) electrons. The van der Waals surface area contributed by atoms with Gasteiger partial charge in [0.2, 0.25) is 12.8 Å². The minimum atomic E-state index is -0.477. The lowest BCUT2D eigenvalue weighted by atomic mass is 10.4. The number of ether oxygens (including phenoxy) is 4. The van der Waals surface area contributed by atoms with Crippen LogP contribution in [0.2, 0.25) is 0 Å². The summed E-state index contributed by atoms with van der Waals surface area (Å²) in [4.78, 5) is 0. The quantitative estimate of drug-likeness (QED) is 0.391. The zero-order valence-electron chi connectivity index (χ0n) is 12.9. The Hall–Kier alpha value is -0.200. The van der Waals surface area contributed by atoms with Gasteiger partial charge in [-0.2, -0.15) is 0 Å². The molecule has 0 bridgehead atoms. The van der Waals surface area contributed by atoms with Crippen LogP contribution in [0.25, 0.3) is 0 Å². The molecule has 2 atom stereocenters. The number of rotatable bonds is 14. The Morgan fingerprint density at radius 3 is 1.42 bits per heavy atom. The smallest absolute Gasteiger partial charge is 0.219 e. The molecule has 0 saturated carbocycles. The highest BCUT2D eigenvalue weighted by Crippen LogP contribution is 2.01. The number of hydrogen-bond donors (Lipinski definition) is 1. The molecular weight excluding hydrogens is 246 g/mol. The predicted octanol–water partition coefficient (Wildman–Crippen LogP) is 2.85. The van der Waals surface area contributed by atoms with Crippen molar-refractivity contribution < 1.29 is 18.9 Å². The molecule has 5 heteroatoms. The molecule has 0 aromatic heterocycles. The van der Waals surface area contributed by atoms with Crippen molar-refractivity contribution in [3.8, 4) is 0 Å². The maximum atomic E-state index is 5.61. The van der Waals surface area contributed by atoms with Crippen LogP contribution in [-0.4, -0.2) is 39.3 Å². The third-order valence-corrected chi connectivity index (χ3v) is 2.44. The molecule has 0 spiro atoms. The summed E-state index contributed by atoms with van der Waals surface area (Å²) in [5, 5.41) is 3.08. The first-order valence-electron chi connectivity index (χ1n) is 7.50. The Morgan fingerprint density at radius 2 is 1.11 bits per heavy atom. The molecule has 0 amide bonds. The molecule has 0 aliphatic heterocycles. The molecule has 19 heavy (non-hydrogen) atoms. The van der Waals surface area contributed by atoms with Crippen molar-refractivity contribution in [2.45, 2.75) is 66.2 Å².